The highest BCUT2D eigenvalue weighted by Crippen LogP contribution is 2.30. The Hall–Kier alpha value is -3.88. The topological polar surface area (TPSA) is 124 Å². The molecule has 0 spiro atoms. The number of hydrogen-bond acceptors (Lipinski definition) is 7. The fourth-order valence-electron chi connectivity index (χ4n) is 3.17. The van der Waals surface area contributed by atoms with E-state index in [4.69, 9.17) is 4.74 Å². The first-order chi connectivity index (χ1) is 14.2. The van der Waals surface area contributed by atoms with Crippen molar-refractivity contribution in [2.75, 3.05) is 6.54 Å². The van der Waals surface area contributed by atoms with E-state index in [2.05, 4.69) is 0 Å². The number of amides is 2. The highest BCUT2D eigenvalue weighted by molar-refractivity contribution is 6.24. The number of fused-ring (bicyclic) bond motifs is 1. The molecule has 0 radical (unpaired) electrons. The Kier molecular flexibility index (Phi) is 5.72. The maximum absolute atomic E-state index is 12.5. The van der Waals surface area contributed by atoms with Crippen LogP contribution in [0.5, 0.6) is 0 Å². The fraction of sp³-hybridized carbons (Fsp3) is 0.238. The molecule has 0 aromatic heterocycles. The standard InChI is InChI=1S/C21H18N2O7/c1-3-13-7-9-14(10-8-13)19(25)12(2)30-17(24)11-22-20(26)15-5-4-6-16(23(28)29)18(15)21(22)27/h4-10,12H,3,11H2,1-2H3/t12-/m1/s1. The highest BCUT2D eigenvalue weighted by Gasteiger charge is 2.42. The summed E-state index contributed by atoms with van der Waals surface area (Å²) < 4.78 is 5.09. The molecule has 1 heterocycles. The lowest BCUT2D eigenvalue weighted by Crippen LogP contribution is -2.37. The van der Waals surface area contributed by atoms with E-state index < -0.39 is 46.8 Å². The summed E-state index contributed by atoms with van der Waals surface area (Å²) in [6, 6.07) is 10.5. The second kappa shape index (κ2) is 8.24. The molecule has 30 heavy (non-hydrogen) atoms. The minimum Gasteiger partial charge on any atom is -0.453 e. The number of ether oxygens (including phenoxy) is 1. The Bertz CT molecular complexity index is 1060. The van der Waals surface area contributed by atoms with Crippen LogP contribution < -0.4 is 0 Å². The molecule has 0 bridgehead atoms. The van der Waals surface area contributed by atoms with Crippen LogP contribution in [0.1, 0.15) is 50.5 Å². The molecule has 0 aliphatic carbocycles. The van der Waals surface area contributed by atoms with Gasteiger partial charge in [-0.25, -0.2) is 0 Å². The maximum Gasteiger partial charge on any atom is 0.326 e. The van der Waals surface area contributed by atoms with E-state index in [1.807, 2.05) is 6.92 Å². The van der Waals surface area contributed by atoms with Crippen molar-refractivity contribution in [3.05, 3.63) is 74.8 Å². The monoisotopic (exact) mass is 410 g/mol. The van der Waals surface area contributed by atoms with Crippen molar-refractivity contribution in [2.45, 2.75) is 26.4 Å². The summed E-state index contributed by atoms with van der Waals surface area (Å²) in [5.74, 6) is -3.18. The third-order valence-electron chi connectivity index (χ3n) is 4.79. The van der Waals surface area contributed by atoms with Crippen LogP contribution in [0.4, 0.5) is 5.69 Å². The lowest BCUT2D eigenvalue weighted by Gasteiger charge is -2.16. The van der Waals surface area contributed by atoms with Gasteiger partial charge >= 0.3 is 5.97 Å². The second-order valence-electron chi connectivity index (χ2n) is 6.70. The maximum atomic E-state index is 12.5. The number of ketones is 1. The summed E-state index contributed by atoms with van der Waals surface area (Å²) in [5, 5.41) is 11.1. The van der Waals surface area contributed by atoms with Crippen LogP contribution in [0, 0.1) is 10.1 Å². The van der Waals surface area contributed by atoms with Gasteiger partial charge in [0.15, 0.2) is 6.10 Å². The first-order valence-corrected chi connectivity index (χ1v) is 9.20. The number of nitro groups is 1. The lowest BCUT2D eigenvalue weighted by molar-refractivity contribution is -0.385. The summed E-state index contributed by atoms with van der Waals surface area (Å²) in [7, 11) is 0. The molecule has 0 saturated heterocycles. The largest absolute Gasteiger partial charge is 0.453 e. The van der Waals surface area contributed by atoms with Crippen LogP contribution in [0.15, 0.2) is 42.5 Å². The number of rotatable bonds is 7. The third kappa shape index (κ3) is 3.82. The number of aryl methyl sites for hydroxylation is 1. The smallest absolute Gasteiger partial charge is 0.326 e. The van der Waals surface area contributed by atoms with E-state index in [0.717, 1.165) is 18.1 Å². The van der Waals surface area contributed by atoms with E-state index in [9.17, 15) is 29.3 Å². The first-order valence-electron chi connectivity index (χ1n) is 9.20. The molecule has 1 atom stereocenters. The Morgan fingerprint density at radius 2 is 1.77 bits per heavy atom. The van der Waals surface area contributed by atoms with Gasteiger partial charge in [-0.15, -0.1) is 0 Å². The summed E-state index contributed by atoms with van der Waals surface area (Å²) in [6.45, 7) is 2.62. The molecule has 0 N–H and O–H groups in total. The van der Waals surface area contributed by atoms with E-state index >= 15 is 0 Å². The molecule has 1 aliphatic rings. The van der Waals surface area contributed by atoms with E-state index in [0.29, 0.717) is 10.5 Å². The van der Waals surface area contributed by atoms with Gasteiger partial charge in [-0.05, 0) is 25.0 Å². The van der Waals surface area contributed by atoms with Crippen LogP contribution in [0.25, 0.3) is 0 Å². The van der Waals surface area contributed by atoms with Gasteiger partial charge in [0.25, 0.3) is 17.5 Å². The molecular weight excluding hydrogens is 392 g/mol. The van der Waals surface area contributed by atoms with Crippen molar-refractivity contribution in [3.8, 4) is 0 Å². The number of esters is 1. The zero-order valence-corrected chi connectivity index (χ0v) is 16.3. The number of carbonyl (C=O) groups excluding carboxylic acids is 4. The molecule has 1 aliphatic heterocycles. The normalized spacial score (nSPS) is 13.7. The van der Waals surface area contributed by atoms with Gasteiger partial charge < -0.3 is 4.74 Å². The van der Waals surface area contributed by atoms with Crippen molar-refractivity contribution in [3.63, 3.8) is 0 Å². The van der Waals surface area contributed by atoms with Crippen molar-refractivity contribution in [1.29, 1.82) is 0 Å². The van der Waals surface area contributed by atoms with E-state index in [1.54, 1.807) is 24.3 Å². The number of nitrogens with zero attached hydrogens (tertiary/aromatic N) is 2. The molecule has 0 unspecified atom stereocenters. The molecule has 2 amide bonds. The zero-order chi connectivity index (χ0) is 22.0. The molecule has 0 saturated carbocycles. The lowest BCUT2D eigenvalue weighted by atomic mass is 10.0. The summed E-state index contributed by atoms with van der Waals surface area (Å²) in [5.41, 5.74) is 0.392. The van der Waals surface area contributed by atoms with Crippen LogP contribution in [-0.2, 0) is 16.0 Å². The molecule has 0 fully saturated rings. The van der Waals surface area contributed by atoms with Gasteiger partial charge in [-0.3, -0.25) is 34.2 Å². The summed E-state index contributed by atoms with van der Waals surface area (Å²) >= 11 is 0. The van der Waals surface area contributed by atoms with Gasteiger partial charge in [-0.1, -0.05) is 37.3 Å². The van der Waals surface area contributed by atoms with Crippen LogP contribution in [-0.4, -0.2) is 46.0 Å². The molecule has 2 aromatic carbocycles. The van der Waals surface area contributed by atoms with Gasteiger partial charge in [0.1, 0.15) is 12.1 Å². The Morgan fingerprint density at radius 3 is 2.37 bits per heavy atom. The van der Waals surface area contributed by atoms with Crippen molar-refractivity contribution < 1.29 is 28.8 Å². The number of nitro benzene ring substituents is 1. The minimum absolute atomic E-state index is 0.151. The quantitative estimate of drug-likeness (QED) is 0.226. The fourth-order valence-corrected chi connectivity index (χ4v) is 3.17. The number of carbonyl (C=O) groups is 4. The van der Waals surface area contributed by atoms with E-state index in [1.165, 1.54) is 19.1 Å². The van der Waals surface area contributed by atoms with Gasteiger partial charge in [0.05, 0.1) is 10.5 Å². The van der Waals surface area contributed by atoms with Crippen molar-refractivity contribution in [1.82, 2.24) is 4.90 Å². The summed E-state index contributed by atoms with van der Waals surface area (Å²) in [4.78, 5) is 60.6. The SMILES string of the molecule is CCc1ccc(C(=O)[C@@H](C)OC(=O)CN2C(=O)c3cccc([N+](=O)[O-])c3C2=O)cc1. The first kappa shape index (κ1) is 20.8. The van der Waals surface area contributed by atoms with Crippen molar-refractivity contribution in [2.24, 2.45) is 0 Å². The summed E-state index contributed by atoms with van der Waals surface area (Å²) in [6.07, 6.45) is -0.313. The molecule has 9 heteroatoms. The predicted molar refractivity (Wildman–Crippen MR) is 104 cm³/mol. The number of Topliss-reactive ketones (excluding diaryl/α,β-unsaturated/α-hetero) is 1. The van der Waals surface area contributed by atoms with Gasteiger partial charge in [-0.2, -0.15) is 0 Å². The average Bonchev–Trinajstić information content (AvgIpc) is 2.98. The van der Waals surface area contributed by atoms with Gasteiger partial charge in [0.2, 0.25) is 5.78 Å². The number of imide groups is 1. The highest BCUT2D eigenvalue weighted by atomic mass is 16.6. The number of benzene rings is 2. The van der Waals surface area contributed by atoms with E-state index in [-0.39, 0.29) is 11.1 Å². The van der Waals surface area contributed by atoms with Crippen LogP contribution in [0.2, 0.25) is 0 Å². The second-order valence-corrected chi connectivity index (χ2v) is 6.70. The Morgan fingerprint density at radius 1 is 1.10 bits per heavy atom. The predicted octanol–water partition coefficient (Wildman–Crippen LogP) is 2.57. The van der Waals surface area contributed by atoms with Crippen LogP contribution >= 0.6 is 0 Å². The molecule has 2 aromatic rings. The number of hydrogen-bond donors (Lipinski definition) is 0. The molecule has 9 nitrogen and oxygen atoms in total. The average molecular weight is 410 g/mol. The van der Waals surface area contributed by atoms with Crippen LogP contribution in [0.3, 0.4) is 0 Å². The Balaban J connectivity index is 1.69. The van der Waals surface area contributed by atoms with Crippen molar-refractivity contribution >= 4 is 29.3 Å². The minimum atomic E-state index is -1.13. The molecule has 3 rings (SSSR count). The molecular formula is C21H18N2O7. The third-order valence-corrected chi connectivity index (χ3v) is 4.79. The molecule has 154 valence electrons. The van der Waals surface area contributed by atoms with Gasteiger partial charge in [0, 0.05) is 11.6 Å². The Labute approximate surface area is 171 Å². The zero-order valence-electron chi connectivity index (χ0n) is 16.3.